The van der Waals surface area contributed by atoms with Crippen molar-refractivity contribution in [3.63, 3.8) is 0 Å². The molecule has 1 aromatic heterocycles. The van der Waals surface area contributed by atoms with Gasteiger partial charge in [0, 0.05) is 12.1 Å². The van der Waals surface area contributed by atoms with Gasteiger partial charge in [-0.25, -0.2) is 4.79 Å². The Balaban J connectivity index is 1.39. The van der Waals surface area contributed by atoms with Crippen LogP contribution in [0.3, 0.4) is 0 Å². The molecule has 4 nitrogen and oxygen atoms in total. The summed E-state index contributed by atoms with van der Waals surface area (Å²) in [7, 11) is 0. The minimum atomic E-state index is -0.473. The van der Waals surface area contributed by atoms with Crippen LogP contribution in [0.25, 0.3) is 11.1 Å². The molecule has 0 spiro atoms. The van der Waals surface area contributed by atoms with Crippen molar-refractivity contribution >= 4 is 17.3 Å². The van der Waals surface area contributed by atoms with Crippen LogP contribution in [-0.2, 0) is 11.2 Å². The molecule has 31 heavy (non-hydrogen) atoms. The molecule has 1 heterocycles. The average molecular weight is 438 g/mol. The number of hydrogen-bond acceptors (Lipinski definition) is 5. The molecule has 0 aliphatic heterocycles. The summed E-state index contributed by atoms with van der Waals surface area (Å²) in [6.45, 7) is 7.91. The van der Waals surface area contributed by atoms with E-state index >= 15 is 0 Å². The number of benzene rings is 2. The van der Waals surface area contributed by atoms with E-state index in [1.165, 1.54) is 11.3 Å². The molecule has 0 saturated carbocycles. The maximum Gasteiger partial charge on any atom is 0.349 e. The molecule has 0 aliphatic carbocycles. The van der Waals surface area contributed by atoms with Gasteiger partial charge in [0.2, 0.25) is 0 Å². The molecule has 1 N–H and O–H groups in total. The zero-order valence-corrected chi connectivity index (χ0v) is 19.3. The van der Waals surface area contributed by atoms with Gasteiger partial charge in [-0.1, -0.05) is 48.5 Å². The largest absolute Gasteiger partial charge is 0.492 e. The van der Waals surface area contributed by atoms with Crippen LogP contribution in [0.5, 0.6) is 5.75 Å². The minimum absolute atomic E-state index is 0.226. The molecule has 0 radical (unpaired) electrons. The van der Waals surface area contributed by atoms with Gasteiger partial charge in [-0.05, 0) is 68.8 Å². The lowest BCUT2D eigenvalue weighted by Gasteiger charge is -2.19. The van der Waals surface area contributed by atoms with Crippen molar-refractivity contribution in [3.05, 3.63) is 76.5 Å². The van der Waals surface area contributed by atoms with Crippen molar-refractivity contribution in [1.82, 2.24) is 5.32 Å². The monoisotopic (exact) mass is 437 g/mol. The topological polar surface area (TPSA) is 47.6 Å². The number of nitrogens with one attached hydrogen (secondary N) is 1. The second-order valence-electron chi connectivity index (χ2n) is 8.34. The Morgan fingerprint density at radius 2 is 1.71 bits per heavy atom. The summed E-state index contributed by atoms with van der Waals surface area (Å²) in [5.41, 5.74) is 2.85. The summed E-state index contributed by atoms with van der Waals surface area (Å²) in [6, 6.07) is 20.4. The highest BCUT2D eigenvalue weighted by Gasteiger charge is 2.21. The number of rotatable bonds is 10. The average Bonchev–Trinajstić information content (AvgIpc) is 3.21. The summed E-state index contributed by atoms with van der Waals surface area (Å²) >= 11 is 1.45. The lowest BCUT2D eigenvalue weighted by atomic mass is 10.1. The van der Waals surface area contributed by atoms with Crippen molar-refractivity contribution in [2.45, 2.75) is 39.2 Å². The number of aryl methyl sites for hydroxylation is 1. The first-order chi connectivity index (χ1) is 14.9. The maximum atomic E-state index is 12.3. The SMILES string of the molecule is CC(C)(C)OC(=O)c1sccc1CCCNCCOc1ccccc1-c1ccccc1. The fourth-order valence-electron chi connectivity index (χ4n) is 3.25. The zero-order valence-electron chi connectivity index (χ0n) is 18.5. The van der Waals surface area contributed by atoms with E-state index in [0.29, 0.717) is 6.61 Å². The van der Waals surface area contributed by atoms with Crippen molar-refractivity contribution in [2.75, 3.05) is 19.7 Å². The van der Waals surface area contributed by atoms with E-state index in [1.807, 2.05) is 68.6 Å². The second kappa shape index (κ2) is 11.1. The molecule has 0 amide bonds. The molecule has 0 fully saturated rings. The lowest BCUT2D eigenvalue weighted by molar-refractivity contribution is 0.00741. The van der Waals surface area contributed by atoms with Crippen LogP contribution in [0, 0.1) is 0 Å². The predicted octanol–water partition coefficient (Wildman–Crippen LogP) is 5.97. The summed E-state index contributed by atoms with van der Waals surface area (Å²) in [4.78, 5) is 13.1. The normalized spacial score (nSPS) is 11.3. The van der Waals surface area contributed by atoms with E-state index in [-0.39, 0.29) is 5.97 Å². The molecule has 5 heteroatoms. The number of para-hydroxylation sites is 1. The van der Waals surface area contributed by atoms with Gasteiger partial charge in [0.25, 0.3) is 0 Å². The third-order valence-corrected chi connectivity index (χ3v) is 5.58. The van der Waals surface area contributed by atoms with E-state index in [2.05, 4.69) is 23.5 Å². The summed E-state index contributed by atoms with van der Waals surface area (Å²) < 4.78 is 11.5. The highest BCUT2D eigenvalue weighted by Crippen LogP contribution is 2.29. The Labute approximate surface area is 189 Å². The molecule has 164 valence electrons. The molecule has 0 unspecified atom stereocenters. The molecule has 0 atom stereocenters. The van der Waals surface area contributed by atoms with Gasteiger partial charge in [-0.2, -0.15) is 0 Å². The van der Waals surface area contributed by atoms with Crippen LogP contribution in [0.1, 0.15) is 42.4 Å². The lowest BCUT2D eigenvalue weighted by Crippen LogP contribution is -2.24. The van der Waals surface area contributed by atoms with E-state index in [0.717, 1.165) is 53.2 Å². The minimum Gasteiger partial charge on any atom is -0.492 e. The van der Waals surface area contributed by atoms with Crippen LogP contribution >= 0.6 is 11.3 Å². The smallest absolute Gasteiger partial charge is 0.349 e. The Kier molecular flexibility index (Phi) is 8.27. The standard InChI is InChI=1S/C26H31NO3S/c1-26(2,3)30-25(28)24-21(15-19-31-24)12-9-16-27-17-18-29-23-14-8-7-13-22(23)20-10-5-4-6-11-20/h4-8,10-11,13-15,19,27H,9,12,16-18H2,1-3H3. The van der Waals surface area contributed by atoms with Crippen molar-refractivity contribution in [3.8, 4) is 16.9 Å². The molecule has 3 aromatic rings. The number of carbonyl (C=O) groups is 1. The first kappa shape index (κ1) is 23.0. The quantitative estimate of drug-likeness (QED) is 0.313. The van der Waals surface area contributed by atoms with Crippen LogP contribution in [0.2, 0.25) is 0 Å². The third kappa shape index (κ3) is 7.23. The van der Waals surface area contributed by atoms with E-state index in [9.17, 15) is 4.79 Å². The second-order valence-corrected chi connectivity index (χ2v) is 9.26. The van der Waals surface area contributed by atoms with Crippen LogP contribution in [0.15, 0.2) is 66.0 Å². The fourth-order valence-corrected chi connectivity index (χ4v) is 4.07. The number of thiophene rings is 1. The predicted molar refractivity (Wildman–Crippen MR) is 128 cm³/mol. The molecule has 0 bridgehead atoms. The summed E-state index contributed by atoms with van der Waals surface area (Å²) in [5, 5.41) is 5.38. The highest BCUT2D eigenvalue weighted by atomic mass is 32.1. The van der Waals surface area contributed by atoms with Gasteiger partial charge < -0.3 is 14.8 Å². The zero-order chi connectivity index (χ0) is 22.1. The molecular weight excluding hydrogens is 406 g/mol. The van der Waals surface area contributed by atoms with Crippen molar-refractivity contribution in [1.29, 1.82) is 0 Å². The van der Waals surface area contributed by atoms with Crippen molar-refractivity contribution in [2.24, 2.45) is 0 Å². The Bertz CT molecular complexity index is 960. The van der Waals surface area contributed by atoms with Gasteiger partial charge in [-0.3, -0.25) is 0 Å². The maximum absolute atomic E-state index is 12.3. The number of carbonyl (C=O) groups excluding carboxylic acids is 1. The van der Waals surface area contributed by atoms with Crippen molar-refractivity contribution < 1.29 is 14.3 Å². The summed E-state index contributed by atoms with van der Waals surface area (Å²) in [5.74, 6) is 0.673. The molecule has 0 aliphatic rings. The highest BCUT2D eigenvalue weighted by molar-refractivity contribution is 7.12. The van der Waals surface area contributed by atoms with Gasteiger partial charge in [0.15, 0.2) is 0 Å². The van der Waals surface area contributed by atoms with Gasteiger partial charge >= 0.3 is 5.97 Å². The number of ether oxygens (including phenoxy) is 2. The molecular formula is C26H31NO3S. The fraction of sp³-hybridized carbons (Fsp3) is 0.346. The first-order valence-corrected chi connectivity index (χ1v) is 11.6. The van der Waals surface area contributed by atoms with E-state index in [1.54, 1.807) is 0 Å². The Hall–Kier alpha value is -2.63. The van der Waals surface area contributed by atoms with Gasteiger partial charge in [-0.15, -0.1) is 11.3 Å². The molecule has 2 aromatic carbocycles. The number of esters is 1. The van der Waals surface area contributed by atoms with Gasteiger partial charge in [0.1, 0.15) is 22.8 Å². The van der Waals surface area contributed by atoms with E-state index in [4.69, 9.17) is 9.47 Å². The van der Waals surface area contributed by atoms with Gasteiger partial charge in [0.05, 0.1) is 0 Å². The Morgan fingerprint density at radius 1 is 0.968 bits per heavy atom. The van der Waals surface area contributed by atoms with Crippen LogP contribution < -0.4 is 10.1 Å². The molecule has 0 saturated heterocycles. The van der Waals surface area contributed by atoms with Crippen LogP contribution in [-0.4, -0.2) is 31.3 Å². The number of hydrogen-bond donors (Lipinski definition) is 1. The first-order valence-electron chi connectivity index (χ1n) is 10.7. The van der Waals surface area contributed by atoms with E-state index < -0.39 is 5.60 Å². The molecule has 3 rings (SSSR count). The summed E-state index contributed by atoms with van der Waals surface area (Å²) in [6.07, 6.45) is 1.80. The Morgan fingerprint density at radius 3 is 2.48 bits per heavy atom. The third-order valence-electron chi connectivity index (χ3n) is 4.64. The van der Waals surface area contributed by atoms with Crippen LogP contribution in [0.4, 0.5) is 0 Å².